The predicted octanol–water partition coefficient (Wildman–Crippen LogP) is 0.644. The van der Waals surface area contributed by atoms with Crippen molar-refractivity contribution in [3.8, 4) is 5.88 Å². The Bertz CT molecular complexity index is 174. The van der Waals surface area contributed by atoms with Gasteiger partial charge in [-0.2, -0.15) is 0 Å². The summed E-state index contributed by atoms with van der Waals surface area (Å²) >= 11 is 3.55. The second kappa shape index (κ2) is 2.09. The summed E-state index contributed by atoms with van der Waals surface area (Å²) in [6.45, 7) is 0. The van der Waals surface area contributed by atoms with Crippen molar-refractivity contribution >= 4 is 12.9 Å². The van der Waals surface area contributed by atoms with Crippen molar-refractivity contribution < 1.29 is 4.18 Å². The number of nitrogens with zero attached hydrogens (tertiary/aromatic N) is 2. The molecule has 0 radical (unpaired) electrons. The highest BCUT2D eigenvalue weighted by Gasteiger charge is 1.90. The molecule has 0 fully saturated rings. The average molecular weight is 130 g/mol. The minimum atomic E-state index is 0.524. The number of hydrogen-bond donors (Lipinski definition) is 1. The Kier molecular flexibility index (Phi) is 1.43. The summed E-state index contributed by atoms with van der Waals surface area (Å²) < 4.78 is 6.14. The molecule has 0 aliphatic rings. The summed E-state index contributed by atoms with van der Waals surface area (Å²) in [6, 6.07) is 1.73. The van der Waals surface area contributed by atoms with E-state index in [1.54, 1.807) is 16.9 Å². The SMILES string of the molecule is Cn1ccc(OS)n1. The monoisotopic (exact) mass is 130 g/mol. The molecule has 0 N–H and O–H groups in total. The van der Waals surface area contributed by atoms with Gasteiger partial charge in [-0.05, 0) is 0 Å². The summed E-state index contributed by atoms with van der Waals surface area (Å²) in [5, 5.41) is 3.85. The van der Waals surface area contributed by atoms with Crippen molar-refractivity contribution in [2.75, 3.05) is 0 Å². The van der Waals surface area contributed by atoms with Crippen LogP contribution in [0.15, 0.2) is 12.3 Å². The Morgan fingerprint density at radius 2 is 2.62 bits per heavy atom. The fourth-order valence-corrected chi connectivity index (χ4v) is 0.540. The lowest BCUT2D eigenvalue weighted by atomic mass is 10.7. The highest BCUT2D eigenvalue weighted by Crippen LogP contribution is 2.04. The third-order valence-corrected chi connectivity index (χ3v) is 0.970. The van der Waals surface area contributed by atoms with E-state index in [0.29, 0.717) is 5.88 Å². The smallest absolute Gasteiger partial charge is 0.246 e. The Balaban J connectivity index is 2.84. The van der Waals surface area contributed by atoms with E-state index in [-0.39, 0.29) is 0 Å². The van der Waals surface area contributed by atoms with Crippen LogP contribution in [-0.2, 0) is 7.05 Å². The molecule has 1 rings (SSSR count). The van der Waals surface area contributed by atoms with Gasteiger partial charge in [0.2, 0.25) is 5.88 Å². The molecule has 0 aliphatic heterocycles. The van der Waals surface area contributed by atoms with Gasteiger partial charge in [0.1, 0.15) is 0 Å². The molecule has 0 unspecified atom stereocenters. The predicted molar refractivity (Wildman–Crippen MR) is 32.8 cm³/mol. The Labute approximate surface area is 52.9 Å². The van der Waals surface area contributed by atoms with Gasteiger partial charge in [0, 0.05) is 32.2 Å². The summed E-state index contributed by atoms with van der Waals surface area (Å²) in [4.78, 5) is 0. The van der Waals surface area contributed by atoms with E-state index in [1.807, 2.05) is 7.05 Å². The Morgan fingerprint density at radius 1 is 1.88 bits per heavy atom. The van der Waals surface area contributed by atoms with Crippen LogP contribution in [0.5, 0.6) is 5.88 Å². The zero-order valence-corrected chi connectivity index (χ0v) is 5.30. The lowest BCUT2D eigenvalue weighted by Crippen LogP contribution is -1.86. The first kappa shape index (κ1) is 5.50. The van der Waals surface area contributed by atoms with Gasteiger partial charge in [0.25, 0.3) is 0 Å². The van der Waals surface area contributed by atoms with Crippen molar-refractivity contribution in [2.24, 2.45) is 7.05 Å². The van der Waals surface area contributed by atoms with Gasteiger partial charge in [-0.1, -0.05) is 0 Å². The van der Waals surface area contributed by atoms with E-state index >= 15 is 0 Å². The van der Waals surface area contributed by atoms with Crippen LogP contribution in [0.3, 0.4) is 0 Å². The van der Waals surface area contributed by atoms with Crippen molar-refractivity contribution in [2.45, 2.75) is 0 Å². The van der Waals surface area contributed by atoms with Crippen LogP contribution in [0, 0.1) is 0 Å². The van der Waals surface area contributed by atoms with Crippen LogP contribution in [0.2, 0.25) is 0 Å². The number of aryl methyl sites for hydroxylation is 1. The first-order valence-electron chi connectivity index (χ1n) is 2.14. The van der Waals surface area contributed by atoms with E-state index in [9.17, 15) is 0 Å². The van der Waals surface area contributed by atoms with Crippen molar-refractivity contribution in [3.63, 3.8) is 0 Å². The summed E-state index contributed by atoms with van der Waals surface area (Å²) in [6.07, 6.45) is 1.78. The summed E-state index contributed by atoms with van der Waals surface area (Å²) in [7, 11) is 1.82. The molecule has 0 atom stereocenters. The first-order chi connectivity index (χ1) is 3.83. The second-order valence-corrected chi connectivity index (χ2v) is 1.60. The quantitative estimate of drug-likeness (QED) is 0.446. The first-order valence-corrected chi connectivity index (χ1v) is 2.50. The average Bonchev–Trinajstić information content (AvgIpc) is 2.14. The van der Waals surface area contributed by atoms with Crippen molar-refractivity contribution in [3.05, 3.63) is 12.3 Å². The number of rotatable bonds is 1. The molecule has 0 spiro atoms. The Morgan fingerprint density at radius 3 is 2.88 bits per heavy atom. The molecule has 44 valence electrons. The molecule has 0 amide bonds. The van der Waals surface area contributed by atoms with Gasteiger partial charge >= 0.3 is 0 Å². The van der Waals surface area contributed by atoms with Crippen LogP contribution < -0.4 is 4.18 Å². The highest BCUT2D eigenvalue weighted by atomic mass is 32.1. The van der Waals surface area contributed by atoms with Gasteiger partial charge in [-0.25, -0.2) is 0 Å². The molecular formula is C4H6N2OS. The molecule has 4 heteroatoms. The van der Waals surface area contributed by atoms with E-state index in [1.165, 1.54) is 0 Å². The maximum absolute atomic E-state index is 4.50. The molecule has 0 saturated heterocycles. The topological polar surface area (TPSA) is 27.1 Å². The second-order valence-electron chi connectivity index (χ2n) is 1.42. The molecule has 0 saturated carbocycles. The summed E-state index contributed by atoms with van der Waals surface area (Å²) in [5.74, 6) is 0.524. The van der Waals surface area contributed by atoms with Crippen LogP contribution in [-0.4, -0.2) is 9.78 Å². The number of hydrogen-bond acceptors (Lipinski definition) is 3. The number of aromatic nitrogens is 2. The third kappa shape index (κ3) is 0.949. The lowest BCUT2D eigenvalue weighted by molar-refractivity contribution is 0.599. The number of thiol groups is 1. The Hall–Kier alpha value is -0.640. The van der Waals surface area contributed by atoms with Gasteiger partial charge in [-0.3, -0.25) is 4.68 Å². The lowest BCUT2D eigenvalue weighted by Gasteiger charge is -1.85. The minimum absolute atomic E-state index is 0.524. The van der Waals surface area contributed by atoms with E-state index in [0.717, 1.165) is 0 Å². The normalized spacial score (nSPS) is 9.25. The van der Waals surface area contributed by atoms with Gasteiger partial charge in [0.15, 0.2) is 0 Å². The third-order valence-electron chi connectivity index (χ3n) is 0.783. The molecule has 0 aromatic carbocycles. The molecule has 0 bridgehead atoms. The zero-order chi connectivity index (χ0) is 5.98. The van der Waals surface area contributed by atoms with Crippen LogP contribution in [0.4, 0.5) is 0 Å². The molecule has 1 heterocycles. The highest BCUT2D eigenvalue weighted by molar-refractivity contribution is 7.75. The minimum Gasteiger partial charge on any atom is -0.407 e. The van der Waals surface area contributed by atoms with E-state index in [4.69, 9.17) is 0 Å². The van der Waals surface area contributed by atoms with Crippen molar-refractivity contribution in [1.29, 1.82) is 0 Å². The standard InChI is InChI=1S/C4H6N2OS/c1-6-3-2-4(5-6)7-8/h2-3,8H,1H3. The fraction of sp³-hybridized carbons (Fsp3) is 0.250. The van der Waals surface area contributed by atoms with Gasteiger partial charge in [-0.15, -0.1) is 5.10 Å². The maximum atomic E-state index is 4.50. The summed E-state index contributed by atoms with van der Waals surface area (Å²) in [5.41, 5.74) is 0. The van der Waals surface area contributed by atoms with E-state index < -0.39 is 0 Å². The van der Waals surface area contributed by atoms with Crippen LogP contribution in [0.25, 0.3) is 0 Å². The molecule has 0 aliphatic carbocycles. The van der Waals surface area contributed by atoms with E-state index in [2.05, 4.69) is 22.2 Å². The molecule has 1 aromatic rings. The molecular weight excluding hydrogens is 124 g/mol. The molecule has 3 nitrogen and oxygen atoms in total. The maximum Gasteiger partial charge on any atom is 0.246 e. The zero-order valence-electron chi connectivity index (χ0n) is 4.40. The molecule has 8 heavy (non-hydrogen) atoms. The van der Waals surface area contributed by atoms with Gasteiger partial charge in [0.05, 0.1) is 0 Å². The van der Waals surface area contributed by atoms with Crippen LogP contribution >= 0.6 is 12.9 Å². The molecule has 1 aromatic heterocycles. The largest absolute Gasteiger partial charge is 0.407 e. The van der Waals surface area contributed by atoms with Crippen molar-refractivity contribution in [1.82, 2.24) is 9.78 Å². The van der Waals surface area contributed by atoms with Gasteiger partial charge < -0.3 is 4.18 Å². The fourth-order valence-electron chi connectivity index (χ4n) is 0.442. The van der Waals surface area contributed by atoms with Crippen LogP contribution in [0.1, 0.15) is 0 Å².